The number of esters is 1. The van der Waals surface area contributed by atoms with Crippen LogP contribution in [0.1, 0.15) is 51.4 Å². The van der Waals surface area contributed by atoms with Crippen LogP contribution < -0.4 is 9.30 Å². The molecule has 1 aliphatic carbocycles. The number of benzene rings is 2. The molecule has 0 bridgehead atoms. The van der Waals surface area contributed by atoms with Gasteiger partial charge in [0.05, 0.1) is 7.05 Å². The van der Waals surface area contributed by atoms with Crippen molar-refractivity contribution in [3.8, 4) is 5.75 Å². The van der Waals surface area contributed by atoms with Crippen LogP contribution in [0.4, 0.5) is 0 Å². The highest BCUT2D eigenvalue weighted by Gasteiger charge is 2.34. The minimum Gasteiger partial charge on any atom is -0.481 e. The summed E-state index contributed by atoms with van der Waals surface area (Å²) in [4.78, 5) is 13.2. The lowest BCUT2D eigenvalue weighted by molar-refractivity contribution is -0.655. The number of para-hydroxylation sites is 2. The van der Waals surface area contributed by atoms with E-state index in [1.54, 1.807) is 0 Å². The minimum absolute atomic E-state index is 0.00378. The first-order valence-electron chi connectivity index (χ1n) is 12.2. The fraction of sp³-hybridized carbons (Fsp3) is 0.500. The average Bonchev–Trinajstić information content (AvgIpc) is 3.04. The molecule has 1 aliphatic rings. The summed E-state index contributed by atoms with van der Waals surface area (Å²) in [7, 11) is 2.02. The van der Waals surface area contributed by atoms with Crippen LogP contribution in [-0.4, -0.2) is 16.6 Å². The Kier molecular flexibility index (Phi) is 7.06. The number of carbonyl (C=O) groups is 1. The number of ether oxygens (including phenoxy) is 2. The maximum atomic E-state index is 13.2. The summed E-state index contributed by atoms with van der Waals surface area (Å²) >= 11 is 0. The number of aromatic nitrogens is 2. The third-order valence-electron chi connectivity index (χ3n) is 7.15. The van der Waals surface area contributed by atoms with Crippen molar-refractivity contribution in [2.24, 2.45) is 24.8 Å². The van der Waals surface area contributed by atoms with E-state index in [4.69, 9.17) is 9.47 Å². The average molecular weight is 450 g/mol. The van der Waals surface area contributed by atoms with Gasteiger partial charge in [-0.2, -0.15) is 0 Å². The van der Waals surface area contributed by atoms with Crippen molar-refractivity contribution >= 4 is 17.0 Å². The van der Waals surface area contributed by atoms with Crippen LogP contribution in [0.15, 0.2) is 48.5 Å². The molecule has 1 fully saturated rings. The molecule has 1 heterocycles. The molecule has 1 aromatic heterocycles. The van der Waals surface area contributed by atoms with E-state index >= 15 is 0 Å². The van der Waals surface area contributed by atoms with Crippen molar-refractivity contribution in [2.75, 3.05) is 0 Å². The number of nitrogens with zero attached hydrogens (tertiary/aromatic N) is 2. The first-order valence-corrected chi connectivity index (χ1v) is 12.2. The predicted octanol–water partition coefficient (Wildman–Crippen LogP) is 5.36. The lowest BCUT2D eigenvalue weighted by atomic mass is 9.75. The van der Waals surface area contributed by atoms with Crippen molar-refractivity contribution in [3.05, 3.63) is 59.9 Å². The van der Waals surface area contributed by atoms with E-state index < -0.39 is 0 Å². The van der Waals surface area contributed by atoms with Crippen LogP contribution in [0.5, 0.6) is 5.75 Å². The van der Waals surface area contributed by atoms with Gasteiger partial charge in [0, 0.05) is 0 Å². The Balaban J connectivity index is 1.56. The van der Waals surface area contributed by atoms with Crippen molar-refractivity contribution < 1.29 is 18.8 Å². The van der Waals surface area contributed by atoms with Gasteiger partial charge in [0.25, 0.3) is 5.82 Å². The number of imidazole rings is 1. The third-order valence-corrected chi connectivity index (χ3v) is 7.15. The van der Waals surface area contributed by atoms with Crippen LogP contribution in [0, 0.1) is 24.7 Å². The third kappa shape index (κ3) is 5.23. The predicted molar refractivity (Wildman–Crippen MR) is 130 cm³/mol. The summed E-state index contributed by atoms with van der Waals surface area (Å²) in [6.45, 7) is 9.35. The highest BCUT2D eigenvalue weighted by molar-refractivity contribution is 5.76. The molecule has 0 aliphatic heterocycles. The Labute approximate surface area is 197 Å². The molecule has 1 saturated carbocycles. The van der Waals surface area contributed by atoms with Crippen molar-refractivity contribution in [3.63, 3.8) is 0 Å². The Hall–Kier alpha value is -2.82. The maximum absolute atomic E-state index is 13.2. The van der Waals surface area contributed by atoms with Crippen molar-refractivity contribution in [1.82, 2.24) is 4.57 Å². The van der Waals surface area contributed by atoms with Crippen LogP contribution in [0.25, 0.3) is 11.0 Å². The quantitative estimate of drug-likeness (QED) is 0.360. The normalized spacial score (nSPS) is 20.8. The zero-order valence-corrected chi connectivity index (χ0v) is 20.6. The van der Waals surface area contributed by atoms with Gasteiger partial charge in [-0.1, -0.05) is 57.0 Å². The molecule has 0 spiro atoms. The fourth-order valence-corrected chi connectivity index (χ4v) is 5.15. The summed E-state index contributed by atoms with van der Waals surface area (Å²) in [6, 6.07) is 16.2. The second-order valence-corrected chi connectivity index (χ2v) is 10.0. The summed E-state index contributed by atoms with van der Waals surface area (Å²) in [5.41, 5.74) is 3.28. The summed E-state index contributed by atoms with van der Waals surface area (Å²) in [5, 5.41) is 0. The molecule has 4 rings (SSSR count). The Morgan fingerprint density at radius 2 is 1.85 bits per heavy atom. The highest BCUT2D eigenvalue weighted by Crippen LogP contribution is 2.35. The van der Waals surface area contributed by atoms with Crippen molar-refractivity contribution in [1.29, 1.82) is 0 Å². The molecule has 0 saturated heterocycles. The van der Waals surface area contributed by atoms with E-state index in [1.807, 2.05) is 48.0 Å². The lowest BCUT2D eigenvalue weighted by Gasteiger charge is -2.36. The van der Waals surface area contributed by atoms with Crippen LogP contribution in [-0.2, 0) is 29.7 Å². The van der Waals surface area contributed by atoms with Gasteiger partial charge in [0.1, 0.15) is 11.9 Å². The van der Waals surface area contributed by atoms with E-state index in [0.717, 1.165) is 35.4 Å². The molecule has 5 heteroatoms. The lowest BCUT2D eigenvalue weighted by Crippen LogP contribution is -2.37. The van der Waals surface area contributed by atoms with Crippen LogP contribution in [0.3, 0.4) is 0 Å². The van der Waals surface area contributed by atoms with Gasteiger partial charge < -0.3 is 9.47 Å². The topological polar surface area (TPSA) is 44.3 Å². The molecule has 0 amide bonds. The minimum atomic E-state index is -0.169. The number of rotatable bonds is 7. The number of fused-ring (bicyclic) bond motifs is 1. The van der Waals surface area contributed by atoms with Gasteiger partial charge in [-0.05, 0) is 61.8 Å². The second kappa shape index (κ2) is 9.98. The summed E-state index contributed by atoms with van der Waals surface area (Å²) in [5.74, 6) is 3.13. The molecule has 0 N–H and O–H groups in total. The van der Waals surface area contributed by atoms with Gasteiger partial charge >= 0.3 is 5.97 Å². The smallest absolute Gasteiger partial charge is 0.348 e. The largest absolute Gasteiger partial charge is 0.481 e. The van der Waals surface area contributed by atoms with E-state index in [2.05, 4.69) is 44.4 Å². The molecule has 5 nitrogen and oxygen atoms in total. The van der Waals surface area contributed by atoms with E-state index in [-0.39, 0.29) is 18.6 Å². The molecule has 0 unspecified atom stereocenters. The molecular weight excluding hydrogens is 412 g/mol. The van der Waals surface area contributed by atoms with Gasteiger partial charge in [-0.3, -0.25) is 0 Å². The van der Waals surface area contributed by atoms with Crippen molar-refractivity contribution in [2.45, 2.75) is 66.2 Å². The van der Waals surface area contributed by atoms with Gasteiger partial charge in [-0.25, -0.2) is 13.9 Å². The SMILES string of the molecule is Cc1ccc(OCc2n(CC(=O)O[C@@H]3C[C@@H](C)CC[C@H]3C(C)C)c3ccccc3[n+]2C)cc1. The Bertz CT molecular complexity index is 1100. The monoisotopic (exact) mass is 449 g/mol. The second-order valence-electron chi connectivity index (χ2n) is 10.0. The molecule has 3 atom stereocenters. The van der Waals surface area contributed by atoms with Gasteiger partial charge in [0.15, 0.2) is 24.2 Å². The number of hydrogen-bond donors (Lipinski definition) is 0. The molecule has 3 aromatic rings. The maximum Gasteiger partial charge on any atom is 0.348 e. The summed E-state index contributed by atoms with van der Waals surface area (Å²) < 4.78 is 16.4. The number of carbonyl (C=O) groups excluding carboxylic acids is 1. The number of aryl methyl sites for hydroxylation is 2. The van der Waals surface area contributed by atoms with Gasteiger partial charge in [-0.15, -0.1) is 0 Å². The summed E-state index contributed by atoms with van der Waals surface area (Å²) in [6.07, 6.45) is 3.31. The van der Waals surface area contributed by atoms with Crippen LogP contribution in [0.2, 0.25) is 0 Å². The molecule has 2 aromatic carbocycles. The highest BCUT2D eigenvalue weighted by atomic mass is 16.5. The Morgan fingerprint density at radius 1 is 1.12 bits per heavy atom. The molecular formula is C28H37N2O3+. The first-order chi connectivity index (χ1) is 15.8. The standard InChI is InChI=1S/C28H37N2O3/c1-19(2)23-15-12-21(4)16-26(23)33-28(31)17-30-25-9-7-6-8-24(25)29(5)27(30)18-32-22-13-10-20(3)11-14-22/h6-11,13-14,19,21,23,26H,12,15-18H2,1-5H3/q+1/t21-,23-,26+/m0/s1. The molecule has 0 radical (unpaired) electrons. The van der Waals surface area contributed by atoms with E-state index in [9.17, 15) is 4.79 Å². The first kappa shape index (κ1) is 23.3. The van der Waals surface area contributed by atoms with Gasteiger partial charge in [0.2, 0.25) is 0 Å². The molecule has 176 valence electrons. The van der Waals surface area contributed by atoms with E-state index in [1.165, 1.54) is 12.0 Å². The zero-order valence-electron chi connectivity index (χ0n) is 20.6. The molecule has 33 heavy (non-hydrogen) atoms. The zero-order chi connectivity index (χ0) is 23.5. The van der Waals surface area contributed by atoms with Crippen LogP contribution >= 0.6 is 0 Å². The fourth-order valence-electron chi connectivity index (χ4n) is 5.15. The number of hydrogen-bond acceptors (Lipinski definition) is 3. The van der Waals surface area contributed by atoms with E-state index in [0.29, 0.717) is 24.4 Å². The Morgan fingerprint density at radius 3 is 2.58 bits per heavy atom.